The highest BCUT2D eigenvalue weighted by Crippen LogP contribution is 2.29. The largest absolute Gasteiger partial charge is 0.399 e. The minimum absolute atomic E-state index is 0.124. The Morgan fingerprint density at radius 1 is 1.22 bits per heavy atom. The van der Waals surface area contributed by atoms with E-state index >= 15 is 0 Å². The number of anilines is 2. The van der Waals surface area contributed by atoms with Gasteiger partial charge in [0.25, 0.3) is 5.91 Å². The Labute approximate surface area is 136 Å². The Bertz CT molecular complexity index is 1030. The number of nitrogens with one attached hydrogen (secondary N) is 1. The molecule has 0 aliphatic rings. The monoisotopic (exact) mass is 322 g/mol. The maximum absolute atomic E-state index is 12.5. The molecule has 4 rings (SSSR count). The predicted octanol–water partition coefficient (Wildman–Crippen LogP) is 3.69. The van der Waals surface area contributed by atoms with Crippen molar-refractivity contribution in [2.75, 3.05) is 11.1 Å². The van der Waals surface area contributed by atoms with Gasteiger partial charge in [0, 0.05) is 17.1 Å². The van der Waals surface area contributed by atoms with Crippen LogP contribution in [0.25, 0.3) is 16.0 Å². The van der Waals surface area contributed by atoms with E-state index in [0.29, 0.717) is 10.6 Å². The van der Waals surface area contributed by atoms with E-state index in [1.165, 1.54) is 11.3 Å². The lowest BCUT2D eigenvalue weighted by Crippen LogP contribution is -2.11. The molecule has 0 aliphatic heterocycles. The highest BCUT2D eigenvalue weighted by atomic mass is 32.1. The Morgan fingerprint density at radius 2 is 2.00 bits per heavy atom. The summed E-state index contributed by atoms with van der Waals surface area (Å²) in [6.07, 6.45) is 0. The zero-order chi connectivity index (χ0) is 16.0. The molecule has 4 aromatic rings. The first kappa shape index (κ1) is 13.8. The minimum Gasteiger partial charge on any atom is -0.399 e. The van der Waals surface area contributed by atoms with E-state index in [9.17, 15) is 4.79 Å². The third kappa shape index (κ3) is 2.24. The molecule has 0 bridgehead atoms. The number of para-hydroxylation sites is 1. The number of benzene rings is 2. The summed E-state index contributed by atoms with van der Waals surface area (Å²) in [5, 5.41) is 2.91. The first-order chi connectivity index (χ1) is 11.1. The molecule has 0 saturated heterocycles. The van der Waals surface area contributed by atoms with Gasteiger partial charge in [0.2, 0.25) is 0 Å². The Balaban J connectivity index is 1.80. The summed E-state index contributed by atoms with van der Waals surface area (Å²) < 4.78 is 1.98. The quantitative estimate of drug-likeness (QED) is 0.553. The van der Waals surface area contributed by atoms with Gasteiger partial charge < -0.3 is 11.1 Å². The number of carbonyl (C=O) groups excluding carboxylic acids is 1. The zero-order valence-corrected chi connectivity index (χ0v) is 13.2. The number of fused-ring (bicyclic) bond motifs is 3. The second kappa shape index (κ2) is 5.10. The second-order valence-electron chi connectivity index (χ2n) is 5.31. The van der Waals surface area contributed by atoms with Crippen LogP contribution in [0.15, 0.2) is 48.5 Å². The fourth-order valence-corrected chi connectivity index (χ4v) is 3.69. The minimum atomic E-state index is -0.124. The zero-order valence-electron chi connectivity index (χ0n) is 12.4. The molecule has 6 heteroatoms. The molecule has 2 aromatic carbocycles. The van der Waals surface area contributed by atoms with Crippen molar-refractivity contribution in [2.24, 2.45) is 0 Å². The van der Waals surface area contributed by atoms with Gasteiger partial charge in [0.15, 0.2) is 4.96 Å². The van der Waals surface area contributed by atoms with Crippen molar-refractivity contribution >= 4 is 44.6 Å². The van der Waals surface area contributed by atoms with Crippen LogP contribution in [0.1, 0.15) is 15.4 Å². The maximum Gasteiger partial charge on any atom is 0.267 e. The SMILES string of the molecule is Cc1c(C(=O)Nc2ccccc2)sc2nc3ccc(N)cc3n12. The molecule has 0 fully saturated rings. The number of hydrogen-bond donors (Lipinski definition) is 2. The number of amides is 1. The molecule has 0 saturated carbocycles. The highest BCUT2D eigenvalue weighted by Gasteiger charge is 2.19. The molecular formula is C17H14N4OS. The number of aryl methyl sites for hydroxylation is 1. The van der Waals surface area contributed by atoms with Gasteiger partial charge in [-0.05, 0) is 37.3 Å². The van der Waals surface area contributed by atoms with Crippen molar-refractivity contribution in [2.45, 2.75) is 6.92 Å². The van der Waals surface area contributed by atoms with Crippen molar-refractivity contribution < 1.29 is 4.79 Å². The maximum atomic E-state index is 12.5. The number of nitrogens with zero attached hydrogens (tertiary/aromatic N) is 2. The highest BCUT2D eigenvalue weighted by molar-refractivity contribution is 7.19. The molecular weight excluding hydrogens is 308 g/mol. The summed E-state index contributed by atoms with van der Waals surface area (Å²) in [5.74, 6) is -0.124. The third-order valence-corrected chi connectivity index (χ3v) is 4.88. The smallest absolute Gasteiger partial charge is 0.267 e. The number of carbonyl (C=O) groups is 1. The molecule has 0 spiro atoms. The van der Waals surface area contributed by atoms with E-state index in [1.807, 2.05) is 59.9 Å². The molecule has 2 aromatic heterocycles. The van der Waals surface area contributed by atoms with Gasteiger partial charge in [-0.3, -0.25) is 9.20 Å². The van der Waals surface area contributed by atoms with Crippen LogP contribution in [-0.2, 0) is 0 Å². The molecule has 0 atom stereocenters. The lowest BCUT2D eigenvalue weighted by atomic mass is 10.2. The first-order valence-corrected chi connectivity index (χ1v) is 7.98. The molecule has 3 N–H and O–H groups in total. The van der Waals surface area contributed by atoms with Crippen LogP contribution in [0, 0.1) is 6.92 Å². The van der Waals surface area contributed by atoms with Gasteiger partial charge in [-0.15, -0.1) is 0 Å². The summed E-state index contributed by atoms with van der Waals surface area (Å²) in [4.78, 5) is 18.6. The molecule has 0 aliphatic carbocycles. The molecule has 23 heavy (non-hydrogen) atoms. The van der Waals surface area contributed by atoms with E-state index in [0.717, 1.165) is 27.4 Å². The van der Waals surface area contributed by atoms with Crippen molar-refractivity contribution in [3.8, 4) is 0 Å². The lowest BCUT2D eigenvalue weighted by Gasteiger charge is -2.04. The first-order valence-electron chi connectivity index (χ1n) is 7.17. The normalized spacial score (nSPS) is 11.2. The van der Waals surface area contributed by atoms with Crippen LogP contribution >= 0.6 is 11.3 Å². The summed E-state index contributed by atoms with van der Waals surface area (Å²) in [6.45, 7) is 1.92. The van der Waals surface area contributed by atoms with E-state index in [1.54, 1.807) is 0 Å². The van der Waals surface area contributed by atoms with E-state index in [2.05, 4.69) is 10.3 Å². The molecule has 5 nitrogen and oxygen atoms in total. The molecule has 114 valence electrons. The topological polar surface area (TPSA) is 72.4 Å². The van der Waals surface area contributed by atoms with Gasteiger partial charge in [-0.25, -0.2) is 4.98 Å². The number of nitrogen functional groups attached to an aromatic ring is 1. The Kier molecular flexibility index (Phi) is 3.06. The summed E-state index contributed by atoms with van der Waals surface area (Å²) in [7, 11) is 0. The molecule has 2 heterocycles. The Morgan fingerprint density at radius 3 is 2.78 bits per heavy atom. The fraction of sp³-hybridized carbons (Fsp3) is 0.0588. The number of rotatable bonds is 2. The van der Waals surface area contributed by atoms with Crippen LogP contribution in [-0.4, -0.2) is 15.3 Å². The Hall–Kier alpha value is -2.86. The van der Waals surface area contributed by atoms with E-state index in [4.69, 9.17) is 5.73 Å². The van der Waals surface area contributed by atoms with Gasteiger partial charge in [0.1, 0.15) is 4.88 Å². The van der Waals surface area contributed by atoms with Crippen LogP contribution in [0.5, 0.6) is 0 Å². The van der Waals surface area contributed by atoms with Crippen LogP contribution in [0.3, 0.4) is 0 Å². The lowest BCUT2D eigenvalue weighted by molar-refractivity contribution is 0.102. The number of aromatic nitrogens is 2. The number of hydrogen-bond acceptors (Lipinski definition) is 4. The third-order valence-electron chi connectivity index (χ3n) is 3.74. The van der Waals surface area contributed by atoms with Gasteiger partial charge >= 0.3 is 0 Å². The second-order valence-corrected chi connectivity index (χ2v) is 6.29. The van der Waals surface area contributed by atoms with Crippen molar-refractivity contribution in [3.63, 3.8) is 0 Å². The van der Waals surface area contributed by atoms with Crippen molar-refractivity contribution in [1.29, 1.82) is 0 Å². The van der Waals surface area contributed by atoms with Crippen LogP contribution in [0.2, 0.25) is 0 Å². The number of imidazole rings is 1. The standard InChI is InChI=1S/C17H14N4OS/c1-10-15(16(22)19-12-5-3-2-4-6-12)23-17-20-13-8-7-11(18)9-14(13)21(10)17/h2-9H,18H2,1H3,(H,19,22). The fourth-order valence-electron chi connectivity index (χ4n) is 2.65. The van der Waals surface area contributed by atoms with Gasteiger partial charge in [-0.2, -0.15) is 0 Å². The number of thiazole rings is 1. The van der Waals surface area contributed by atoms with E-state index < -0.39 is 0 Å². The number of nitrogens with two attached hydrogens (primary N) is 1. The van der Waals surface area contributed by atoms with Gasteiger partial charge in [-0.1, -0.05) is 29.5 Å². The van der Waals surface area contributed by atoms with Crippen LogP contribution in [0.4, 0.5) is 11.4 Å². The van der Waals surface area contributed by atoms with Crippen LogP contribution < -0.4 is 11.1 Å². The molecule has 0 radical (unpaired) electrons. The van der Waals surface area contributed by atoms with Gasteiger partial charge in [0.05, 0.1) is 11.0 Å². The summed E-state index contributed by atoms with van der Waals surface area (Å²) in [5.41, 5.74) is 10.0. The average molecular weight is 322 g/mol. The molecule has 1 amide bonds. The molecule has 0 unspecified atom stereocenters. The predicted molar refractivity (Wildman–Crippen MR) is 94.1 cm³/mol. The summed E-state index contributed by atoms with van der Waals surface area (Å²) >= 11 is 1.38. The van der Waals surface area contributed by atoms with Crippen molar-refractivity contribution in [3.05, 3.63) is 59.1 Å². The van der Waals surface area contributed by atoms with E-state index in [-0.39, 0.29) is 5.91 Å². The average Bonchev–Trinajstić information content (AvgIpc) is 3.05. The summed E-state index contributed by atoms with van der Waals surface area (Å²) in [6, 6.07) is 15.0. The van der Waals surface area contributed by atoms with Crippen molar-refractivity contribution in [1.82, 2.24) is 9.38 Å².